The van der Waals surface area contributed by atoms with Gasteiger partial charge in [0.15, 0.2) is 0 Å². The second-order valence-corrected chi connectivity index (χ2v) is 5.60. The van der Waals surface area contributed by atoms with E-state index >= 15 is 0 Å². The molecule has 0 saturated heterocycles. The third-order valence-electron chi connectivity index (χ3n) is 3.49. The summed E-state index contributed by atoms with van der Waals surface area (Å²) in [5, 5.41) is 0. The number of halogens is 2. The third-order valence-corrected chi connectivity index (χ3v) is 3.49. The molecule has 0 amide bonds. The highest BCUT2D eigenvalue weighted by Gasteiger charge is 2.42. The van der Waals surface area contributed by atoms with Crippen molar-refractivity contribution in [3.8, 4) is 0 Å². The van der Waals surface area contributed by atoms with Crippen molar-refractivity contribution in [3.63, 3.8) is 0 Å². The number of hydrogen-bond donors (Lipinski definition) is 1. The molecule has 0 aromatic heterocycles. The lowest BCUT2D eigenvalue weighted by molar-refractivity contribution is 0.0510. The summed E-state index contributed by atoms with van der Waals surface area (Å²) in [4.78, 5) is 0. The highest BCUT2D eigenvalue weighted by atomic mass is 128. The van der Waals surface area contributed by atoms with Crippen LogP contribution < -0.4 is 5.73 Å². The van der Waals surface area contributed by atoms with Gasteiger partial charge in [0.05, 0.1) is 0 Å². The molecule has 0 heterocycles. The predicted octanol–water partition coefficient (Wildman–Crippen LogP) is 4.57. The van der Waals surface area contributed by atoms with Gasteiger partial charge in [0.25, 0.3) is 0 Å². The van der Waals surface area contributed by atoms with Gasteiger partial charge in [-0.1, -0.05) is 34.6 Å². The Labute approximate surface area is 107 Å². The third kappa shape index (κ3) is 4.64. The van der Waals surface area contributed by atoms with Gasteiger partial charge in [-0.05, 0) is 24.7 Å². The van der Waals surface area contributed by atoms with Gasteiger partial charge in [-0.3, -0.25) is 0 Å². The summed E-state index contributed by atoms with van der Waals surface area (Å²) in [5.74, 6) is 0. The summed E-state index contributed by atoms with van der Waals surface area (Å²) in [5.41, 5.74) is 6.39. The monoisotopic (exact) mass is 411 g/mol. The molecule has 0 unspecified atom stereocenters. The molecule has 0 atom stereocenters. The Morgan fingerprint density at radius 2 is 1.00 bits per heavy atom. The van der Waals surface area contributed by atoms with Crippen LogP contribution in [-0.2, 0) is 0 Å². The Hall–Kier alpha value is 1.42. The van der Waals surface area contributed by atoms with Gasteiger partial charge in [0.2, 0.25) is 0 Å². The standard InChI is InChI=1S/C10H23N.I2/c1-8(2,3)9(4,5)10(6,7)11;1-2/h11H2,1-7H3;. The van der Waals surface area contributed by atoms with E-state index in [1.54, 1.807) is 0 Å². The molecule has 0 saturated carbocycles. The van der Waals surface area contributed by atoms with Crippen molar-refractivity contribution < 1.29 is 0 Å². The molecule has 13 heavy (non-hydrogen) atoms. The molecular formula is C10H23I2N. The fraction of sp³-hybridized carbons (Fsp3) is 1.00. The zero-order chi connectivity index (χ0) is 11.5. The van der Waals surface area contributed by atoms with Crippen molar-refractivity contribution in [2.24, 2.45) is 16.6 Å². The van der Waals surface area contributed by atoms with E-state index in [1.807, 2.05) is 0 Å². The average Bonchev–Trinajstić information content (AvgIpc) is 1.87. The average molecular weight is 411 g/mol. The van der Waals surface area contributed by atoms with E-state index in [2.05, 4.69) is 85.7 Å². The zero-order valence-corrected chi connectivity index (χ0v) is 14.1. The van der Waals surface area contributed by atoms with Crippen LogP contribution in [0.5, 0.6) is 0 Å². The largest absolute Gasteiger partial charge is 0.325 e. The van der Waals surface area contributed by atoms with Crippen molar-refractivity contribution >= 4 is 37.2 Å². The highest BCUT2D eigenvalue weighted by molar-refractivity contribution is 15.0. The Morgan fingerprint density at radius 1 is 0.769 bits per heavy atom. The van der Waals surface area contributed by atoms with Crippen LogP contribution >= 0.6 is 37.2 Å². The second kappa shape index (κ2) is 5.49. The minimum atomic E-state index is -0.120. The first kappa shape index (κ1) is 16.8. The van der Waals surface area contributed by atoms with E-state index in [9.17, 15) is 0 Å². The SMILES string of the molecule is CC(C)(C)C(C)(C)C(C)(C)N.II. The van der Waals surface area contributed by atoms with Crippen molar-refractivity contribution in [2.45, 2.75) is 54.0 Å². The summed E-state index contributed by atoms with van der Waals surface area (Å²) in [6.07, 6.45) is 0. The molecule has 82 valence electrons. The van der Waals surface area contributed by atoms with Crippen molar-refractivity contribution in [2.75, 3.05) is 0 Å². The van der Waals surface area contributed by atoms with Gasteiger partial charge < -0.3 is 5.73 Å². The van der Waals surface area contributed by atoms with Crippen molar-refractivity contribution in [1.82, 2.24) is 0 Å². The Bertz CT molecular complexity index is 124. The van der Waals surface area contributed by atoms with Crippen LogP contribution in [0.1, 0.15) is 48.5 Å². The fourth-order valence-corrected chi connectivity index (χ4v) is 0.967. The summed E-state index contributed by atoms with van der Waals surface area (Å²) in [6, 6.07) is 0. The first-order valence-corrected chi connectivity index (χ1v) is 10.7. The summed E-state index contributed by atoms with van der Waals surface area (Å²) >= 11 is 4.24. The molecule has 0 spiro atoms. The first-order valence-electron chi connectivity index (χ1n) is 4.43. The molecule has 0 aromatic rings. The summed E-state index contributed by atoms with van der Waals surface area (Å²) < 4.78 is 0. The highest BCUT2D eigenvalue weighted by Crippen LogP contribution is 2.44. The van der Waals surface area contributed by atoms with Gasteiger partial charge in [-0.15, -0.1) is 0 Å². The second-order valence-electron chi connectivity index (χ2n) is 5.60. The molecule has 0 fully saturated rings. The molecule has 0 rings (SSSR count). The fourth-order valence-electron chi connectivity index (χ4n) is 0.967. The lowest BCUT2D eigenvalue weighted by Gasteiger charge is -2.48. The van der Waals surface area contributed by atoms with Crippen LogP contribution in [0.25, 0.3) is 0 Å². The minimum absolute atomic E-state index is 0.120. The predicted molar refractivity (Wildman–Crippen MR) is 79.5 cm³/mol. The molecule has 0 bridgehead atoms. The molecule has 0 aromatic carbocycles. The molecule has 1 nitrogen and oxygen atoms in total. The Morgan fingerprint density at radius 3 is 1.00 bits per heavy atom. The van der Waals surface area contributed by atoms with Gasteiger partial charge in [-0.25, -0.2) is 0 Å². The summed E-state index contributed by atoms with van der Waals surface area (Å²) in [6.45, 7) is 15.4. The van der Waals surface area contributed by atoms with E-state index < -0.39 is 0 Å². The molecule has 0 aliphatic rings. The lowest BCUT2D eigenvalue weighted by atomic mass is 9.60. The number of hydrogen-bond acceptors (Lipinski definition) is 1. The maximum absolute atomic E-state index is 6.10. The van der Waals surface area contributed by atoms with Crippen LogP contribution in [0, 0.1) is 10.8 Å². The molecule has 0 aliphatic heterocycles. The molecule has 3 heteroatoms. The van der Waals surface area contributed by atoms with Gasteiger partial charge >= 0.3 is 0 Å². The van der Waals surface area contributed by atoms with Crippen molar-refractivity contribution in [3.05, 3.63) is 0 Å². The normalized spacial score (nSPS) is 13.4. The van der Waals surface area contributed by atoms with Crippen molar-refractivity contribution in [1.29, 1.82) is 0 Å². The van der Waals surface area contributed by atoms with E-state index in [0.717, 1.165) is 0 Å². The topological polar surface area (TPSA) is 26.0 Å². The molecule has 2 N–H and O–H groups in total. The van der Waals surface area contributed by atoms with E-state index in [0.29, 0.717) is 0 Å². The Balaban J connectivity index is 0. The van der Waals surface area contributed by atoms with E-state index in [1.165, 1.54) is 0 Å². The molecule has 0 radical (unpaired) electrons. The quantitative estimate of drug-likeness (QED) is 0.629. The van der Waals surface area contributed by atoms with Gasteiger partial charge in [-0.2, -0.15) is 0 Å². The maximum atomic E-state index is 6.10. The van der Waals surface area contributed by atoms with Gasteiger partial charge in [0, 0.05) is 42.8 Å². The van der Waals surface area contributed by atoms with Crippen LogP contribution in [-0.4, -0.2) is 5.54 Å². The van der Waals surface area contributed by atoms with E-state index in [-0.39, 0.29) is 16.4 Å². The smallest absolute Gasteiger partial charge is 0.0153 e. The molecular weight excluding hydrogens is 388 g/mol. The molecule has 0 aliphatic carbocycles. The minimum Gasteiger partial charge on any atom is -0.325 e. The first-order chi connectivity index (χ1) is 5.50. The van der Waals surface area contributed by atoms with Crippen LogP contribution in [0.3, 0.4) is 0 Å². The van der Waals surface area contributed by atoms with Crippen LogP contribution in [0.2, 0.25) is 0 Å². The lowest BCUT2D eigenvalue weighted by Crippen LogP contribution is -2.53. The number of rotatable bonds is 1. The maximum Gasteiger partial charge on any atom is 0.0153 e. The zero-order valence-electron chi connectivity index (χ0n) is 9.83. The Kier molecular flexibility index (Phi) is 7.11. The number of nitrogens with two attached hydrogens (primary N) is 1. The van der Waals surface area contributed by atoms with Crippen LogP contribution in [0.4, 0.5) is 0 Å². The summed E-state index contributed by atoms with van der Waals surface area (Å²) in [7, 11) is 0. The van der Waals surface area contributed by atoms with E-state index in [4.69, 9.17) is 5.73 Å². The van der Waals surface area contributed by atoms with Gasteiger partial charge in [0.1, 0.15) is 0 Å². The van der Waals surface area contributed by atoms with Crippen LogP contribution in [0.15, 0.2) is 0 Å².